The Kier molecular flexibility index (Phi) is 8.97. The minimum atomic E-state index is -0.977. The summed E-state index contributed by atoms with van der Waals surface area (Å²) in [6.07, 6.45) is 3.54. The highest BCUT2D eigenvalue weighted by atomic mass is 32.2. The number of carboxylic acids is 1. The van der Waals surface area contributed by atoms with E-state index in [1.165, 1.54) is 0 Å². The molecule has 0 spiro atoms. The van der Waals surface area contributed by atoms with E-state index in [-0.39, 0.29) is 0 Å². The first-order valence-corrected chi connectivity index (χ1v) is 6.76. The van der Waals surface area contributed by atoms with Crippen LogP contribution in [0.2, 0.25) is 0 Å². The van der Waals surface area contributed by atoms with Crippen LogP contribution in [0.15, 0.2) is 0 Å². The van der Waals surface area contributed by atoms with Crippen LogP contribution in [0.1, 0.15) is 6.42 Å². The summed E-state index contributed by atoms with van der Waals surface area (Å²) in [5.74, 6) is 1.48. The number of hydrogen-bond acceptors (Lipinski definition) is 4. The Balaban J connectivity index is 3.50. The third-order valence-electron chi connectivity index (χ3n) is 1.49. The summed E-state index contributed by atoms with van der Waals surface area (Å²) in [7, 11) is 0. The molecule has 0 aliphatic rings. The maximum absolute atomic E-state index is 10.6. The SMILES string of the molecule is CSCCCSCC(NC=O)C(=O)O. The summed E-state index contributed by atoms with van der Waals surface area (Å²) in [4.78, 5) is 20.6. The lowest BCUT2D eigenvalue weighted by atomic mass is 10.3. The molecule has 0 aliphatic heterocycles. The minimum absolute atomic E-state index is 0.432. The van der Waals surface area contributed by atoms with Crippen molar-refractivity contribution >= 4 is 35.9 Å². The van der Waals surface area contributed by atoms with Crippen molar-refractivity contribution in [3.05, 3.63) is 0 Å². The van der Waals surface area contributed by atoms with Crippen LogP contribution in [0, 0.1) is 0 Å². The van der Waals surface area contributed by atoms with Gasteiger partial charge in [0.1, 0.15) is 6.04 Å². The fraction of sp³-hybridized carbons (Fsp3) is 0.750. The number of aliphatic carboxylic acids is 1. The number of carbonyl (C=O) groups excluding carboxylic acids is 1. The van der Waals surface area contributed by atoms with Crippen molar-refractivity contribution < 1.29 is 14.7 Å². The maximum Gasteiger partial charge on any atom is 0.327 e. The Labute approximate surface area is 92.2 Å². The van der Waals surface area contributed by atoms with Crippen molar-refractivity contribution in [3.8, 4) is 0 Å². The van der Waals surface area contributed by atoms with Crippen molar-refractivity contribution in [1.82, 2.24) is 5.32 Å². The molecule has 0 aromatic carbocycles. The zero-order valence-corrected chi connectivity index (χ0v) is 9.70. The Hall–Kier alpha value is -0.360. The highest BCUT2D eigenvalue weighted by molar-refractivity contribution is 7.99. The van der Waals surface area contributed by atoms with Crippen LogP contribution in [-0.4, -0.2) is 47.0 Å². The number of hydrogen-bond donors (Lipinski definition) is 2. The van der Waals surface area contributed by atoms with E-state index in [4.69, 9.17) is 5.11 Å². The zero-order chi connectivity index (χ0) is 10.8. The fourth-order valence-corrected chi connectivity index (χ4v) is 2.38. The van der Waals surface area contributed by atoms with Crippen LogP contribution in [0.25, 0.3) is 0 Å². The smallest absolute Gasteiger partial charge is 0.327 e. The van der Waals surface area contributed by atoms with E-state index < -0.39 is 12.0 Å². The van der Waals surface area contributed by atoms with Gasteiger partial charge in [-0.05, 0) is 24.2 Å². The van der Waals surface area contributed by atoms with Gasteiger partial charge in [0.2, 0.25) is 6.41 Å². The maximum atomic E-state index is 10.6. The van der Waals surface area contributed by atoms with Crippen LogP contribution < -0.4 is 5.32 Å². The summed E-state index contributed by atoms with van der Waals surface area (Å²) < 4.78 is 0. The third kappa shape index (κ3) is 7.08. The van der Waals surface area contributed by atoms with E-state index in [0.29, 0.717) is 12.2 Å². The van der Waals surface area contributed by atoms with E-state index in [1.54, 1.807) is 23.5 Å². The van der Waals surface area contributed by atoms with Gasteiger partial charge in [-0.2, -0.15) is 23.5 Å². The molecule has 0 aromatic rings. The lowest BCUT2D eigenvalue weighted by molar-refractivity contribution is -0.139. The van der Waals surface area contributed by atoms with E-state index >= 15 is 0 Å². The van der Waals surface area contributed by atoms with E-state index in [2.05, 4.69) is 5.32 Å². The first kappa shape index (κ1) is 13.6. The quantitative estimate of drug-likeness (QED) is 0.456. The summed E-state index contributed by atoms with van der Waals surface area (Å²) in [5.41, 5.74) is 0. The molecule has 0 heterocycles. The molecule has 82 valence electrons. The molecule has 1 atom stereocenters. The molecule has 6 heteroatoms. The molecule has 0 aromatic heterocycles. The molecule has 14 heavy (non-hydrogen) atoms. The van der Waals surface area contributed by atoms with Gasteiger partial charge in [0, 0.05) is 5.75 Å². The zero-order valence-electron chi connectivity index (χ0n) is 8.06. The molecule has 0 bridgehead atoms. The van der Waals surface area contributed by atoms with Gasteiger partial charge in [-0.1, -0.05) is 0 Å². The minimum Gasteiger partial charge on any atom is -0.480 e. The molecule has 0 aliphatic carbocycles. The average Bonchev–Trinajstić information content (AvgIpc) is 2.15. The molecule has 1 amide bonds. The normalized spacial score (nSPS) is 12.1. The fourth-order valence-electron chi connectivity index (χ4n) is 0.779. The van der Waals surface area contributed by atoms with Gasteiger partial charge in [0.25, 0.3) is 0 Å². The van der Waals surface area contributed by atoms with E-state index in [1.807, 2.05) is 6.26 Å². The Morgan fingerprint density at radius 2 is 2.29 bits per heavy atom. The number of thioether (sulfide) groups is 2. The van der Waals surface area contributed by atoms with E-state index in [0.717, 1.165) is 17.9 Å². The van der Waals surface area contributed by atoms with Crippen LogP contribution in [0.5, 0.6) is 0 Å². The molecule has 0 fully saturated rings. The van der Waals surface area contributed by atoms with Gasteiger partial charge < -0.3 is 10.4 Å². The lowest BCUT2D eigenvalue weighted by Crippen LogP contribution is -2.37. The number of amides is 1. The van der Waals surface area contributed by atoms with Crippen LogP contribution in [0.3, 0.4) is 0 Å². The second-order valence-corrected chi connectivity index (χ2v) is 4.73. The number of carbonyl (C=O) groups is 2. The van der Waals surface area contributed by atoms with Crippen molar-refractivity contribution in [2.24, 2.45) is 0 Å². The third-order valence-corrected chi connectivity index (χ3v) is 3.33. The Morgan fingerprint density at radius 3 is 2.79 bits per heavy atom. The predicted molar refractivity (Wildman–Crippen MR) is 60.9 cm³/mol. The van der Waals surface area contributed by atoms with Gasteiger partial charge in [0.15, 0.2) is 0 Å². The summed E-state index contributed by atoms with van der Waals surface area (Å²) >= 11 is 3.33. The van der Waals surface area contributed by atoms with E-state index in [9.17, 15) is 9.59 Å². The standard InChI is InChI=1S/C8H15NO3S2/c1-13-3-2-4-14-5-7(8(11)12)9-6-10/h6-7H,2-5H2,1H3,(H,9,10)(H,11,12). The molecule has 0 saturated heterocycles. The Morgan fingerprint density at radius 1 is 1.57 bits per heavy atom. The summed E-state index contributed by atoms with van der Waals surface area (Å²) in [6, 6.07) is -0.758. The van der Waals surface area contributed by atoms with Crippen molar-refractivity contribution in [3.63, 3.8) is 0 Å². The first-order valence-electron chi connectivity index (χ1n) is 4.21. The Bertz CT molecular complexity index is 178. The molecule has 0 saturated carbocycles. The predicted octanol–water partition coefficient (Wildman–Crippen LogP) is 0.672. The monoisotopic (exact) mass is 237 g/mol. The number of carboxylic acid groups (broad SMARTS) is 1. The van der Waals surface area contributed by atoms with Crippen LogP contribution in [-0.2, 0) is 9.59 Å². The highest BCUT2D eigenvalue weighted by Crippen LogP contribution is 2.07. The van der Waals surface area contributed by atoms with Gasteiger partial charge in [-0.15, -0.1) is 0 Å². The molecule has 2 N–H and O–H groups in total. The van der Waals surface area contributed by atoms with Crippen molar-refractivity contribution in [2.45, 2.75) is 12.5 Å². The van der Waals surface area contributed by atoms with Gasteiger partial charge >= 0.3 is 5.97 Å². The molecular formula is C8H15NO3S2. The first-order chi connectivity index (χ1) is 6.72. The lowest BCUT2D eigenvalue weighted by Gasteiger charge is -2.09. The molecule has 4 nitrogen and oxygen atoms in total. The largest absolute Gasteiger partial charge is 0.480 e. The van der Waals surface area contributed by atoms with Crippen LogP contribution in [0.4, 0.5) is 0 Å². The van der Waals surface area contributed by atoms with Gasteiger partial charge in [-0.3, -0.25) is 4.79 Å². The number of rotatable bonds is 9. The number of nitrogens with one attached hydrogen (secondary N) is 1. The van der Waals surface area contributed by atoms with Crippen LogP contribution >= 0.6 is 23.5 Å². The highest BCUT2D eigenvalue weighted by Gasteiger charge is 2.15. The molecule has 0 radical (unpaired) electrons. The molecule has 1 unspecified atom stereocenters. The summed E-state index contributed by atoms with van der Waals surface area (Å²) in [6.45, 7) is 0. The summed E-state index contributed by atoms with van der Waals surface area (Å²) in [5, 5.41) is 10.9. The van der Waals surface area contributed by atoms with Crippen molar-refractivity contribution in [1.29, 1.82) is 0 Å². The van der Waals surface area contributed by atoms with Gasteiger partial charge in [-0.25, -0.2) is 4.79 Å². The van der Waals surface area contributed by atoms with Gasteiger partial charge in [0.05, 0.1) is 0 Å². The second-order valence-electron chi connectivity index (χ2n) is 2.60. The molecule has 0 rings (SSSR count). The van der Waals surface area contributed by atoms with Crippen molar-refractivity contribution in [2.75, 3.05) is 23.5 Å². The topological polar surface area (TPSA) is 66.4 Å². The second kappa shape index (κ2) is 9.21. The molecular weight excluding hydrogens is 222 g/mol. The average molecular weight is 237 g/mol.